The van der Waals surface area contributed by atoms with E-state index in [1.54, 1.807) is 28.8 Å². The lowest BCUT2D eigenvalue weighted by Crippen LogP contribution is -2.19. The number of benzene rings is 2. The number of rotatable bonds is 3. The molecule has 1 N–H and O–H groups in total. The monoisotopic (exact) mass is 372 g/mol. The summed E-state index contributed by atoms with van der Waals surface area (Å²) in [4.78, 5) is 16.3. The van der Waals surface area contributed by atoms with Crippen molar-refractivity contribution in [3.63, 3.8) is 0 Å². The predicted octanol–water partition coefficient (Wildman–Crippen LogP) is 3.45. The SMILES string of the molecule is N#Cc1cccc2ncn(CC(=O)Nc3ccc(Br)cc3F)c12. The molecule has 0 atom stereocenters. The number of carbonyl (C=O) groups is 1. The lowest BCUT2D eigenvalue weighted by molar-refractivity contribution is -0.116. The summed E-state index contributed by atoms with van der Waals surface area (Å²) in [6.07, 6.45) is 1.49. The summed E-state index contributed by atoms with van der Waals surface area (Å²) in [6, 6.07) is 11.6. The minimum Gasteiger partial charge on any atom is -0.322 e. The van der Waals surface area contributed by atoms with Crippen LogP contribution < -0.4 is 5.32 Å². The van der Waals surface area contributed by atoms with E-state index in [9.17, 15) is 9.18 Å². The zero-order chi connectivity index (χ0) is 16.4. The number of anilines is 1. The van der Waals surface area contributed by atoms with Crippen LogP contribution in [0.15, 0.2) is 47.2 Å². The van der Waals surface area contributed by atoms with E-state index in [-0.39, 0.29) is 12.2 Å². The number of carbonyl (C=O) groups excluding carboxylic acids is 1. The number of hydrogen-bond acceptors (Lipinski definition) is 3. The van der Waals surface area contributed by atoms with Crippen molar-refractivity contribution in [1.29, 1.82) is 5.26 Å². The maximum Gasteiger partial charge on any atom is 0.244 e. The summed E-state index contributed by atoms with van der Waals surface area (Å²) in [5.74, 6) is -0.931. The van der Waals surface area contributed by atoms with E-state index in [1.165, 1.54) is 18.5 Å². The summed E-state index contributed by atoms with van der Waals surface area (Å²) in [7, 11) is 0. The van der Waals surface area contributed by atoms with Crippen molar-refractivity contribution in [3.8, 4) is 6.07 Å². The Balaban J connectivity index is 1.85. The molecule has 0 aliphatic rings. The van der Waals surface area contributed by atoms with Crippen molar-refractivity contribution < 1.29 is 9.18 Å². The van der Waals surface area contributed by atoms with Crippen molar-refractivity contribution in [3.05, 3.63) is 58.6 Å². The van der Waals surface area contributed by atoms with Crippen molar-refractivity contribution in [2.75, 3.05) is 5.32 Å². The van der Waals surface area contributed by atoms with Gasteiger partial charge in [-0.05, 0) is 30.3 Å². The zero-order valence-electron chi connectivity index (χ0n) is 11.8. The summed E-state index contributed by atoms with van der Waals surface area (Å²) < 4.78 is 15.9. The summed E-state index contributed by atoms with van der Waals surface area (Å²) >= 11 is 3.16. The Morgan fingerprint density at radius 2 is 2.22 bits per heavy atom. The van der Waals surface area contributed by atoms with E-state index in [0.717, 1.165) is 0 Å². The fourth-order valence-electron chi connectivity index (χ4n) is 2.27. The smallest absolute Gasteiger partial charge is 0.244 e. The number of nitrogens with zero attached hydrogens (tertiary/aromatic N) is 3. The molecule has 114 valence electrons. The lowest BCUT2D eigenvalue weighted by atomic mass is 10.2. The maximum atomic E-state index is 13.8. The number of hydrogen-bond donors (Lipinski definition) is 1. The van der Waals surface area contributed by atoms with Crippen molar-refractivity contribution in [1.82, 2.24) is 9.55 Å². The number of amides is 1. The summed E-state index contributed by atoms with van der Waals surface area (Å²) in [6.45, 7) is -0.0648. The van der Waals surface area contributed by atoms with Crippen LogP contribution in [-0.4, -0.2) is 15.5 Å². The van der Waals surface area contributed by atoms with E-state index in [1.807, 2.05) is 0 Å². The molecule has 0 fully saturated rings. The van der Waals surface area contributed by atoms with Crippen LogP contribution >= 0.6 is 15.9 Å². The molecule has 7 heteroatoms. The largest absolute Gasteiger partial charge is 0.322 e. The highest BCUT2D eigenvalue weighted by Crippen LogP contribution is 2.20. The van der Waals surface area contributed by atoms with Crippen LogP contribution in [0.1, 0.15) is 5.56 Å². The van der Waals surface area contributed by atoms with Crippen molar-refractivity contribution in [2.45, 2.75) is 6.54 Å². The normalized spacial score (nSPS) is 10.5. The third kappa shape index (κ3) is 3.07. The molecule has 0 aliphatic carbocycles. The average Bonchev–Trinajstić information content (AvgIpc) is 2.93. The van der Waals surface area contributed by atoms with Gasteiger partial charge in [0, 0.05) is 4.47 Å². The predicted molar refractivity (Wildman–Crippen MR) is 87.2 cm³/mol. The molecule has 0 unspecified atom stereocenters. The molecule has 1 heterocycles. The molecule has 1 aromatic heterocycles. The van der Waals surface area contributed by atoms with Gasteiger partial charge in [0.15, 0.2) is 0 Å². The maximum absolute atomic E-state index is 13.8. The molecule has 3 aromatic rings. The Morgan fingerprint density at radius 3 is 2.96 bits per heavy atom. The molecular weight excluding hydrogens is 363 g/mol. The molecule has 1 amide bonds. The number of nitrogens with one attached hydrogen (secondary N) is 1. The average molecular weight is 373 g/mol. The second-order valence-electron chi connectivity index (χ2n) is 4.83. The van der Waals surface area contributed by atoms with Gasteiger partial charge in [0.1, 0.15) is 18.4 Å². The molecule has 0 bridgehead atoms. The van der Waals surface area contributed by atoms with Crippen LogP contribution in [0.2, 0.25) is 0 Å². The standard InChI is InChI=1S/C16H10BrFN4O/c17-11-4-5-13(12(18)6-11)21-15(23)8-22-9-20-14-3-1-2-10(7-19)16(14)22/h1-6,9H,8H2,(H,21,23). The number of para-hydroxylation sites is 1. The van der Waals surface area contributed by atoms with Crippen molar-refractivity contribution >= 4 is 38.6 Å². The van der Waals surface area contributed by atoms with Crippen molar-refractivity contribution in [2.24, 2.45) is 0 Å². The first-order valence-electron chi connectivity index (χ1n) is 6.67. The van der Waals surface area contributed by atoms with E-state index in [2.05, 4.69) is 32.3 Å². The number of halogens is 2. The molecule has 0 saturated carbocycles. The second-order valence-corrected chi connectivity index (χ2v) is 5.75. The first-order chi connectivity index (χ1) is 11.1. The quantitative estimate of drug-likeness (QED) is 0.765. The first-order valence-corrected chi connectivity index (χ1v) is 7.46. The Morgan fingerprint density at radius 1 is 1.39 bits per heavy atom. The van der Waals surface area contributed by atoms with Crippen LogP contribution in [0.3, 0.4) is 0 Å². The van der Waals surface area contributed by atoms with Gasteiger partial charge in [-0.1, -0.05) is 22.0 Å². The fourth-order valence-corrected chi connectivity index (χ4v) is 2.61. The van der Waals surface area contributed by atoms with Crippen LogP contribution in [0, 0.1) is 17.1 Å². The van der Waals surface area contributed by atoms with E-state index in [0.29, 0.717) is 21.1 Å². The van der Waals surface area contributed by atoms with E-state index >= 15 is 0 Å². The van der Waals surface area contributed by atoms with Crippen LogP contribution in [0.4, 0.5) is 10.1 Å². The van der Waals surface area contributed by atoms with Gasteiger partial charge in [0.2, 0.25) is 5.91 Å². The summed E-state index contributed by atoms with van der Waals surface area (Å²) in [5.41, 5.74) is 1.75. The van der Waals surface area contributed by atoms with Gasteiger partial charge in [-0.25, -0.2) is 9.37 Å². The Bertz CT molecular complexity index is 945. The van der Waals surface area contributed by atoms with Crippen LogP contribution in [-0.2, 0) is 11.3 Å². The number of imidazole rings is 1. The molecule has 0 spiro atoms. The van der Waals surface area contributed by atoms with Crippen LogP contribution in [0.5, 0.6) is 0 Å². The highest BCUT2D eigenvalue weighted by Gasteiger charge is 2.12. The molecule has 0 radical (unpaired) electrons. The van der Waals surface area contributed by atoms with Gasteiger partial charge in [0.05, 0.1) is 28.6 Å². The molecule has 2 aromatic carbocycles. The van der Waals surface area contributed by atoms with Gasteiger partial charge < -0.3 is 9.88 Å². The topological polar surface area (TPSA) is 70.7 Å². The molecule has 23 heavy (non-hydrogen) atoms. The number of aromatic nitrogens is 2. The minimum atomic E-state index is -0.527. The molecule has 0 saturated heterocycles. The van der Waals surface area contributed by atoms with Gasteiger partial charge in [-0.2, -0.15) is 5.26 Å². The van der Waals surface area contributed by atoms with Gasteiger partial charge in [-0.15, -0.1) is 0 Å². The number of fused-ring (bicyclic) bond motifs is 1. The molecule has 0 aliphatic heterocycles. The van der Waals surface area contributed by atoms with E-state index < -0.39 is 11.7 Å². The highest BCUT2D eigenvalue weighted by molar-refractivity contribution is 9.10. The van der Waals surface area contributed by atoms with Gasteiger partial charge in [0.25, 0.3) is 0 Å². The highest BCUT2D eigenvalue weighted by atomic mass is 79.9. The third-order valence-corrected chi connectivity index (χ3v) is 3.77. The Labute approximate surface area is 139 Å². The van der Waals surface area contributed by atoms with Crippen LogP contribution in [0.25, 0.3) is 11.0 Å². The first kappa shape index (κ1) is 15.2. The minimum absolute atomic E-state index is 0.0648. The molecular formula is C16H10BrFN4O. The fraction of sp³-hybridized carbons (Fsp3) is 0.0625. The van der Waals surface area contributed by atoms with E-state index in [4.69, 9.17) is 5.26 Å². The Hall–Kier alpha value is -2.72. The number of nitriles is 1. The third-order valence-electron chi connectivity index (χ3n) is 3.28. The molecule has 5 nitrogen and oxygen atoms in total. The zero-order valence-corrected chi connectivity index (χ0v) is 13.3. The molecule has 3 rings (SSSR count). The lowest BCUT2D eigenvalue weighted by Gasteiger charge is -2.08. The van der Waals surface area contributed by atoms with Gasteiger partial charge in [-0.3, -0.25) is 4.79 Å². The second kappa shape index (κ2) is 6.18. The Kier molecular flexibility index (Phi) is 4.08. The summed E-state index contributed by atoms with van der Waals surface area (Å²) in [5, 5.41) is 11.7. The van der Waals surface area contributed by atoms with Gasteiger partial charge >= 0.3 is 0 Å².